The Morgan fingerprint density at radius 2 is 2.40 bits per heavy atom. The maximum absolute atomic E-state index is 11.9. The molecule has 15 heavy (non-hydrogen) atoms. The highest BCUT2D eigenvalue weighted by molar-refractivity contribution is 6.11. The number of rotatable bonds is 3. The number of anilines is 1. The van der Waals surface area contributed by atoms with Gasteiger partial charge in [0.25, 0.3) is 0 Å². The summed E-state index contributed by atoms with van der Waals surface area (Å²) in [5, 5.41) is 10.2. The van der Waals surface area contributed by atoms with Crippen LogP contribution >= 0.6 is 0 Å². The minimum Gasteiger partial charge on any atom is -0.383 e. The van der Waals surface area contributed by atoms with E-state index in [0.29, 0.717) is 11.1 Å². The third kappa shape index (κ3) is 1.61. The average Bonchev–Trinajstić information content (AvgIpc) is 2.84. The third-order valence-corrected chi connectivity index (χ3v) is 2.13. The first-order valence-corrected chi connectivity index (χ1v) is 4.58. The Balaban J connectivity index is 2.32. The summed E-state index contributed by atoms with van der Waals surface area (Å²) in [5.74, 6) is 0.116. The van der Waals surface area contributed by atoms with Crippen LogP contribution in [0.2, 0.25) is 0 Å². The van der Waals surface area contributed by atoms with Gasteiger partial charge in [-0.05, 0) is 6.92 Å². The fraction of sp³-hybridized carbons (Fsp3) is 0.222. The molecule has 0 bridgehead atoms. The number of hydrogen-bond acceptors (Lipinski definition) is 4. The molecule has 0 saturated carbocycles. The number of nitrogens with zero attached hydrogens (tertiary/aromatic N) is 3. The summed E-state index contributed by atoms with van der Waals surface area (Å²) in [6, 6.07) is 0. The largest absolute Gasteiger partial charge is 0.383 e. The number of carbonyl (C=O) groups is 1. The molecule has 2 aromatic heterocycles. The second-order valence-electron chi connectivity index (χ2n) is 3.11. The van der Waals surface area contributed by atoms with Gasteiger partial charge in [-0.3, -0.25) is 14.6 Å². The SMILES string of the molecule is CCn1cc(C(=O)c2cn[nH]c2N)cn1. The van der Waals surface area contributed by atoms with Gasteiger partial charge in [-0.1, -0.05) is 0 Å². The average molecular weight is 205 g/mol. The molecule has 0 amide bonds. The number of nitrogens with one attached hydrogen (secondary N) is 1. The number of carbonyl (C=O) groups excluding carboxylic acids is 1. The number of aromatic amines is 1. The first-order chi connectivity index (χ1) is 7.22. The first kappa shape index (κ1) is 9.45. The topological polar surface area (TPSA) is 89.6 Å². The molecule has 0 aromatic carbocycles. The minimum absolute atomic E-state index is 0.166. The van der Waals surface area contributed by atoms with E-state index in [1.54, 1.807) is 10.9 Å². The van der Waals surface area contributed by atoms with Gasteiger partial charge in [0.2, 0.25) is 5.78 Å². The van der Waals surface area contributed by atoms with Crippen LogP contribution in [-0.4, -0.2) is 25.8 Å². The van der Waals surface area contributed by atoms with E-state index in [2.05, 4.69) is 15.3 Å². The molecule has 0 aliphatic heterocycles. The Morgan fingerprint density at radius 1 is 1.60 bits per heavy atom. The van der Waals surface area contributed by atoms with Crippen LogP contribution in [0.3, 0.4) is 0 Å². The molecule has 0 atom stereocenters. The highest BCUT2D eigenvalue weighted by atomic mass is 16.1. The molecule has 3 N–H and O–H groups in total. The summed E-state index contributed by atoms with van der Waals surface area (Å²) >= 11 is 0. The molecule has 0 unspecified atom stereocenters. The zero-order chi connectivity index (χ0) is 10.8. The van der Waals surface area contributed by atoms with Gasteiger partial charge < -0.3 is 5.73 Å². The van der Waals surface area contributed by atoms with E-state index in [-0.39, 0.29) is 11.6 Å². The number of aryl methyl sites for hydroxylation is 1. The van der Waals surface area contributed by atoms with E-state index < -0.39 is 0 Å². The molecular formula is C9H11N5O. The first-order valence-electron chi connectivity index (χ1n) is 4.58. The number of hydrogen-bond donors (Lipinski definition) is 2. The van der Waals surface area contributed by atoms with Gasteiger partial charge in [0.05, 0.1) is 23.5 Å². The van der Waals surface area contributed by atoms with Crippen molar-refractivity contribution < 1.29 is 4.79 Å². The summed E-state index contributed by atoms with van der Waals surface area (Å²) in [6.07, 6.45) is 4.63. The summed E-state index contributed by atoms with van der Waals surface area (Å²) < 4.78 is 1.68. The molecule has 0 fully saturated rings. The molecule has 0 saturated heterocycles. The Labute approximate surface area is 86.1 Å². The zero-order valence-electron chi connectivity index (χ0n) is 8.27. The molecule has 0 radical (unpaired) electrons. The van der Waals surface area contributed by atoms with Gasteiger partial charge in [-0.15, -0.1) is 0 Å². The van der Waals surface area contributed by atoms with Gasteiger partial charge in [0.1, 0.15) is 5.82 Å². The van der Waals surface area contributed by atoms with Crippen LogP contribution in [0.5, 0.6) is 0 Å². The molecule has 2 heterocycles. The molecule has 78 valence electrons. The smallest absolute Gasteiger partial charge is 0.201 e. The normalized spacial score (nSPS) is 10.5. The number of nitrogens with two attached hydrogens (primary N) is 1. The van der Waals surface area contributed by atoms with Crippen LogP contribution in [0.15, 0.2) is 18.6 Å². The molecule has 0 spiro atoms. The standard InChI is InChI=1S/C9H11N5O/c1-2-14-5-6(3-12-14)8(15)7-4-11-13-9(7)10/h3-5H,2H2,1H3,(H3,10,11,13). The van der Waals surface area contributed by atoms with E-state index in [9.17, 15) is 4.79 Å². The number of aromatic nitrogens is 4. The monoisotopic (exact) mass is 205 g/mol. The number of ketones is 1. The maximum Gasteiger partial charge on any atom is 0.201 e. The second kappa shape index (κ2) is 3.56. The van der Waals surface area contributed by atoms with E-state index in [4.69, 9.17) is 5.73 Å². The van der Waals surface area contributed by atoms with E-state index >= 15 is 0 Å². The predicted octanol–water partition coefficient (Wildman–Crippen LogP) is 0.439. The Bertz CT molecular complexity index is 484. The summed E-state index contributed by atoms with van der Waals surface area (Å²) in [7, 11) is 0. The molecule has 2 aromatic rings. The lowest BCUT2D eigenvalue weighted by Gasteiger charge is -1.94. The molecule has 6 heteroatoms. The van der Waals surface area contributed by atoms with Gasteiger partial charge >= 0.3 is 0 Å². The van der Waals surface area contributed by atoms with Gasteiger partial charge in [-0.25, -0.2) is 0 Å². The van der Waals surface area contributed by atoms with Crippen molar-refractivity contribution in [1.82, 2.24) is 20.0 Å². The number of H-pyrrole nitrogens is 1. The quantitative estimate of drug-likeness (QED) is 0.711. The third-order valence-electron chi connectivity index (χ3n) is 2.13. The minimum atomic E-state index is -0.166. The van der Waals surface area contributed by atoms with Gasteiger partial charge in [0.15, 0.2) is 0 Å². The molecule has 0 aliphatic carbocycles. The highest BCUT2D eigenvalue weighted by Crippen LogP contribution is 2.12. The zero-order valence-corrected chi connectivity index (χ0v) is 8.27. The van der Waals surface area contributed by atoms with Crippen molar-refractivity contribution in [3.05, 3.63) is 29.7 Å². The van der Waals surface area contributed by atoms with Crippen LogP contribution in [0, 0.1) is 0 Å². The van der Waals surface area contributed by atoms with Crippen LogP contribution in [0.25, 0.3) is 0 Å². The van der Waals surface area contributed by atoms with Crippen molar-refractivity contribution in [2.75, 3.05) is 5.73 Å². The van der Waals surface area contributed by atoms with Crippen molar-refractivity contribution in [2.24, 2.45) is 0 Å². The maximum atomic E-state index is 11.9. The number of nitrogen functional groups attached to an aromatic ring is 1. The lowest BCUT2D eigenvalue weighted by molar-refractivity contribution is 0.103. The second-order valence-corrected chi connectivity index (χ2v) is 3.11. The van der Waals surface area contributed by atoms with Crippen LogP contribution in [-0.2, 0) is 6.54 Å². The van der Waals surface area contributed by atoms with Gasteiger partial charge in [0, 0.05) is 12.7 Å². The molecule has 6 nitrogen and oxygen atoms in total. The Kier molecular flexibility index (Phi) is 2.24. The van der Waals surface area contributed by atoms with Crippen molar-refractivity contribution in [2.45, 2.75) is 13.5 Å². The van der Waals surface area contributed by atoms with Crippen molar-refractivity contribution in [1.29, 1.82) is 0 Å². The summed E-state index contributed by atoms with van der Waals surface area (Å²) in [6.45, 7) is 2.68. The van der Waals surface area contributed by atoms with Gasteiger partial charge in [-0.2, -0.15) is 10.2 Å². The lowest BCUT2D eigenvalue weighted by atomic mass is 10.1. The van der Waals surface area contributed by atoms with Crippen molar-refractivity contribution in [3.8, 4) is 0 Å². The summed E-state index contributed by atoms with van der Waals surface area (Å²) in [4.78, 5) is 11.9. The highest BCUT2D eigenvalue weighted by Gasteiger charge is 2.15. The predicted molar refractivity (Wildman–Crippen MR) is 54.3 cm³/mol. The van der Waals surface area contributed by atoms with E-state index in [1.165, 1.54) is 12.4 Å². The Morgan fingerprint density at radius 3 is 2.93 bits per heavy atom. The van der Waals surface area contributed by atoms with Crippen molar-refractivity contribution in [3.63, 3.8) is 0 Å². The molecule has 0 aliphatic rings. The Hall–Kier alpha value is -2.11. The van der Waals surface area contributed by atoms with Crippen LogP contribution in [0.1, 0.15) is 22.8 Å². The molecule has 2 rings (SSSR count). The van der Waals surface area contributed by atoms with E-state index in [0.717, 1.165) is 6.54 Å². The molecular weight excluding hydrogens is 194 g/mol. The fourth-order valence-electron chi connectivity index (χ4n) is 1.29. The lowest BCUT2D eigenvalue weighted by Crippen LogP contribution is -2.02. The van der Waals surface area contributed by atoms with Crippen molar-refractivity contribution >= 4 is 11.6 Å². The fourth-order valence-corrected chi connectivity index (χ4v) is 1.29. The summed E-state index contributed by atoms with van der Waals surface area (Å²) in [5.41, 5.74) is 6.45. The van der Waals surface area contributed by atoms with Crippen LogP contribution < -0.4 is 5.73 Å². The van der Waals surface area contributed by atoms with E-state index in [1.807, 2.05) is 6.92 Å². The van der Waals surface area contributed by atoms with Crippen LogP contribution in [0.4, 0.5) is 5.82 Å².